The Hall–Kier alpha value is -0.540. The van der Waals surface area contributed by atoms with E-state index in [-0.39, 0.29) is 5.54 Å². The van der Waals surface area contributed by atoms with Gasteiger partial charge in [-0.25, -0.2) is 0 Å². The minimum Gasteiger partial charge on any atom is -0.325 e. The Balaban J connectivity index is 2.26. The van der Waals surface area contributed by atoms with Crippen LogP contribution in [0.3, 0.4) is 0 Å². The lowest BCUT2D eigenvalue weighted by Crippen LogP contribution is -2.39. The fourth-order valence-corrected chi connectivity index (χ4v) is 2.83. The predicted octanol–water partition coefficient (Wildman–Crippen LogP) is 2.68. The van der Waals surface area contributed by atoms with Gasteiger partial charge in [0.1, 0.15) is 0 Å². The molecule has 90 valence electrons. The van der Waals surface area contributed by atoms with Crippen LogP contribution in [0.4, 0.5) is 0 Å². The van der Waals surface area contributed by atoms with E-state index in [2.05, 4.69) is 12.0 Å². The molecule has 1 fully saturated rings. The Kier molecular flexibility index (Phi) is 3.27. The van der Waals surface area contributed by atoms with Gasteiger partial charge in [-0.3, -0.25) is 4.68 Å². The number of rotatable bonds is 3. The standard InChI is InChI=1S/C12H20ClN3/c1-3-16-10(11(13)9(2)15-16)8-12(14)6-4-5-7-12/h3-8,14H2,1-2H3. The van der Waals surface area contributed by atoms with E-state index in [1.807, 2.05) is 11.6 Å². The molecule has 1 aromatic heterocycles. The molecule has 0 aromatic carbocycles. The van der Waals surface area contributed by atoms with Crippen molar-refractivity contribution in [3.63, 3.8) is 0 Å². The fourth-order valence-electron chi connectivity index (χ4n) is 2.63. The van der Waals surface area contributed by atoms with Crippen molar-refractivity contribution in [1.82, 2.24) is 9.78 Å². The van der Waals surface area contributed by atoms with Gasteiger partial charge < -0.3 is 5.73 Å². The zero-order valence-corrected chi connectivity index (χ0v) is 10.8. The van der Waals surface area contributed by atoms with E-state index in [1.165, 1.54) is 12.8 Å². The van der Waals surface area contributed by atoms with Crippen molar-refractivity contribution in [3.05, 3.63) is 16.4 Å². The third-order valence-electron chi connectivity index (χ3n) is 3.57. The number of hydrogen-bond donors (Lipinski definition) is 1. The highest BCUT2D eigenvalue weighted by atomic mass is 35.5. The maximum Gasteiger partial charge on any atom is 0.0847 e. The molecule has 0 radical (unpaired) electrons. The maximum absolute atomic E-state index is 6.39. The number of hydrogen-bond acceptors (Lipinski definition) is 2. The van der Waals surface area contributed by atoms with E-state index in [9.17, 15) is 0 Å². The normalized spacial score (nSPS) is 19.2. The largest absolute Gasteiger partial charge is 0.325 e. The van der Waals surface area contributed by atoms with Crippen LogP contribution in [-0.2, 0) is 13.0 Å². The Morgan fingerprint density at radius 2 is 2.06 bits per heavy atom. The van der Waals surface area contributed by atoms with Crippen LogP contribution in [0.2, 0.25) is 5.02 Å². The second-order valence-electron chi connectivity index (χ2n) is 4.91. The molecular weight excluding hydrogens is 222 g/mol. The van der Waals surface area contributed by atoms with E-state index in [0.29, 0.717) is 0 Å². The van der Waals surface area contributed by atoms with E-state index in [4.69, 9.17) is 17.3 Å². The van der Waals surface area contributed by atoms with Gasteiger partial charge in [0.15, 0.2) is 0 Å². The van der Waals surface area contributed by atoms with Crippen molar-refractivity contribution in [2.45, 2.75) is 58.0 Å². The molecule has 0 aliphatic heterocycles. The second-order valence-corrected chi connectivity index (χ2v) is 5.29. The number of aromatic nitrogens is 2. The summed E-state index contributed by atoms with van der Waals surface area (Å²) in [7, 11) is 0. The molecule has 2 rings (SSSR count). The molecule has 1 aromatic rings. The smallest absolute Gasteiger partial charge is 0.0847 e. The van der Waals surface area contributed by atoms with Crippen molar-refractivity contribution in [1.29, 1.82) is 0 Å². The SMILES string of the molecule is CCn1nc(C)c(Cl)c1CC1(N)CCCC1. The van der Waals surface area contributed by atoms with Crippen molar-refractivity contribution in [2.75, 3.05) is 0 Å². The van der Waals surface area contributed by atoms with Gasteiger partial charge in [0.2, 0.25) is 0 Å². The van der Waals surface area contributed by atoms with Crippen LogP contribution in [0.5, 0.6) is 0 Å². The first-order valence-electron chi connectivity index (χ1n) is 6.06. The molecule has 0 atom stereocenters. The Morgan fingerprint density at radius 3 is 2.62 bits per heavy atom. The average molecular weight is 242 g/mol. The van der Waals surface area contributed by atoms with Crippen LogP contribution in [0.25, 0.3) is 0 Å². The number of nitrogens with zero attached hydrogens (tertiary/aromatic N) is 2. The number of nitrogens with two attached hydrogens (primary N) is 1. The minimum absolute atomic E-state index is 0.0525. The predicted molar refractivity (Wildman–Crippen MR) is 66.7 cm³/mol. The molecule has 2 N–H and O–H groups in total. The van der Waals surface area contributed by atoms with Crippen LogP contribution in [0.1, 0.15) is 44.0 Å². The summed E-state index contributed by atoms with van der Waals surface area (Å²) in [6, 6.07) is 0. The van der Waals surface area contributed by atoms with E-state index >= 15 is 0 Å². The fraction of sp³-hybridized carbons (Fsp3) is 0.750. The van der Waals surface area contributed by atoms with Crippen molar-refractivity contribution >= 4 is 11.6 Å². The van der Waals surface area contributed by atoms with Crippen molar-refractivity contribution in [3.8, 4) is 0 Å². The van der Waals surface area contributed by atoms with Gasteiger partial charge >= 0.3 is 0 Å². The molecule has 1 aliphatic rings. The van der Waals surface area contributed by atoms with Crippen LogP contribution >= 0.6 is 11.6 Å². The average Bonchev–Trinajstić information content (AvgIpc) is 2.78. The van der Waals surface area contributed by atoms with Gasteiger partial charge in [-0.15, -0.1) is 0 Å². The minimum atomic E-state index is -0.0525. The summed E-state index contributed by atoms with van der Waals surface area (Å²) < 4.78 is 1.99. The zero-order valence-electron chi connectivity index (χ0n) is 10.1. The lowest BCUT2D eigenvalue weighted by molar-refractivity contribution is 0.419. The van der Waals surface area contributed by atoms with E-state index < -0.39 is 0 Å². The third-order valence-corrected chi connectivity index (χ3v) is 4.06. The van der Waals surface area contributed by atoms with Crippen LogP contribution < -0.4 is 5.73 Å². The molecule has 0 amide bonds. The van der Waals surface area contributed by atoms with Crippen LogP contribution in [-0.4, -0.2) is 15.3 Å². The van der Waals surface area contributed by atoms with Crippen molar-refractivity contribution < 1.29 is 0 Å². The molecule has 0 unspecified atom stereocenters. The Labute approximate surface area is 102 Å². The van der Waals surface area contributed by atoms with Gasteiger partial charge in [-0.2, -0.15) is 5.10 Å². The number of aryl methyl sites for hydroxylation is 2. The van der Waals surface area contributed by atoms with E-state index in [1.54, 1.807) is 0 Å². The second kappa shape index (κ2) is 4.38. The molecule has 1 aliphatic carbocycles. The molecule has 0 spiro atoms. The summed E-state index contributed by atoms with van der Waals surface area (Å²) in [5.41, 5.74) is 8.37. The molecule has 0 bridgehead atoms. The van der Waals surface area contributed by atoms with E-state index in [0.717, 1.165) is 42.2 Å². The van der Waals surface area contributed by atoms with Gasteiger partial charge in [-0.05, 0) is 26.7 Å². The summed E-state index contributed by atoms with van der Waals surface area (Å²) in [6.45, 7) is 4.90. The van der Waals surface area contributed by atoms with Gasteiger partial charge in [0, 0.05) is 18.5 Å². The monoisotopic (exact) mass is 241 g/mol. The summed E-state index contributed by atoms with van der Waals surface area (Å²) in [6.07, 6.45) is 5.57. The maximum atomic E-state index is 6.39. The van der Waals surface area contributed by atoms with Crippen LogP contribution in [0.15, 0.2) is 0 Å². The molecule has 0 saturated heterocycles. The lowest BCUT2D eigenvalue weighted by atomic mass is 9.93. The highest BCUT2D eigenvalue weighted by molar-refractivity contribution is 6.31. The lowest BCUT2D eigenvalue weighted by Gasteiger charge is -2.23. The topological polar surface area (TPSA) is 43.8 Å². The highest BCUT2D eigenvalue weighted by Crippen LogP contribution is 2.33. The molecule has 3 nitrogen and oxygen atoms in total. The summed E-state index contributed by atoms with van der Waals surface area (Å²) >= 11 is 6.29. The van der Waals surface area contributed by atoms with Crippen molar-refractivity contribution in [2.24, 2.45) is 5.73 Å². The summed E-state index contributed by atoms with van der Waals surface area (Å²) in [4.78, 5) is 0. The number of halogens is 1. The third kappa shape index (κ3) is 2.11. The Morgan fingerprint density at radius 1 is 1.44 bits per heavy atom. The first-order valence-corrected chi connectivity index (χ1v) is 6.44. The van der Waals surface area contributed by atoms with Crippen LogP contribution in [0, 0.1) is 6.92 Å². The molecule has 1 saturated carbocycles. The summed E-state index contributed by atoms with van der Waals surface area (Å²) in [5.74, 6) is 0. The van der Waals surface area contributed by atoms with Gasteiger partial charge in [-0.1, -0.05) is 24.4 Å². The zero-order chi connectivity index (χ0) is 11.8. The molecule has 4 heteroatoms. The van der Waals surface area contributed by atoms with Gasteiger partial charge in [0.05, 0.1) is 16.4 Å². The quantitative estimate of drug-likeness (QED) is 0.884. The Bertz CT molecular complexity index is 378. The first kappa shape index (κ1) is 11.9. The highest BCUT2D eigenvalue weighted by Gasteiger charge is 2.31. The first-order chi connectivity index (χ1) is 7.56. The molecular formula is C12H20ClN3. The van der Waals surface area contributed by atoms with Gasteiger partial charge in [0.25, 0.3) is 0 Å². The molecule has 1 heterocycles. The summed E-state index contributed by atoms with van der Waals surface area (Å²) in [5, 5.41) is 5.24. The molecule has 16 heavy (non-hydrogen) atoms.